The summed E-state index contributed by atoms with van der Waals surface area (Å²) in [6.45, 7) is 4.39. The van der Waals surface area contributed by atoms with E-state index >= 15 is 0 Å². The molecule has 1 N–H and O–H groups in total. The standard InChI is InChI=1S/C15H24O/c1-3-4-6-11-15(16)12-13(2)14-9-7-5-8-10-14/h5,7-10,13,15-16H,3-4,6,11-12H2,1-2H3. The fourth-order valence-electron chi connectivity index (χ4n) is 2.07. The van der Waals surface area contributed by atoms with Crippen LogP contribution in [0.25, 0.3) is 0 Å². The van der Waals surface area contributed by atoms with Gasteiger partial charge in [-0.1, -0.05) is 63.4 Å². The third-order valence-electron chi connectivity index (χ3n) is 3.14. The first-order valence-electron chi connectivity index (χ1n) is 6.47. The van der Waals surface area contributed by atoms with Crippen LogP contribution in [0.4, 0.5) is 0 Å². The molecular formula is C15H24O. The molecule has 0 heterocycles. The fourth-order valence-corrected chi connectivity index (χ4v) is 2.07. The van der Waals surface area contributed by atoms with Gasteiger partial charge in [0, 0.05) is 0 Å². The van der Waals surface area contributed by atoms with Crippen LogP contribution < -0.4 is 0 Å². The lowest BCUT2D eigenvalue weighted by Gasteiger charge is -2.16. The topological polar surface area (TPSA) is 20.2 Å². The van der Waals surface area contributed by atoms with E-state index in [9.17, 15) is 5.11 Å². The lowest BCUT2D eigenvalue weighted by molar-refractivity contribution is 0.144. The number of unbranched alkanes of at least 4 members (excludes halogenated alkanes) is 2. The van der Waals surface area contributed by atoms with Crippen LogP contribution in [0.3, 0.4) is 0 Å². The molecule has 0 fully saturated rings. The summed E-state index contributed by atoms with van der Waals surface area (Å²) in [5.74, 6) is 0.456. The molecule has 1 rings (SSSR count). The van der Waals surface area contributed by atoms with E-state index in [1.54, 1.807) is 0 Å². The molecule has 2 unspecified atom stereocenters. The SMILES string of the molecule is CCCCCC(O)CC(C)c1ccccc1. The zero-order valence-electron chi connectivity index (χ0n) is 10.5. The summed E-state index contributed by atoms with van der Waals surface area (Å²) in [6.07, 6.45) is 5.30. The van der Waals surface area contributed by atoms with Gasteiger partial charge in [-0.05, 0) is 24.3 Å². The maximum atomic E-state index is 9.91. The fraction of sp³-hybridized carbons (Fsp3) is 0.600. The van der Waals surface area contributed by atoms with E-state index in [-0.39, 0.29) is 6.10 Å². The Hall–Kier alpha value is -0.820. The molecule has 0 aliphatic rings. The lowest BCUT2D eigenvalue weighted by Crippen LogP contribution is -2.10. The van der Waals surface area contributed by atoms with E-state index in [0.717, 1.165) is 19.3 Å². The molecule has 1 nitrogen and oxygen atoms in total. The van der Waals surface area contributed by atoms with Crippen LogP contribution in [0.5, 0.6) is 0 Å². The van der Waals surface area contributed by atoms with Gasteiger partial charge in [0.25, 0.3) is 0 Å². The maximum absolute atomic E-state index is 9.91. The van der Waals surface area contributed by atoms with Crippen molar-refractivity contribution in [2.24, 2.45) is 0 Å². The van der Waals surface area contributed by atoms with Gasteiger partial charge < -0.3 is 5.11 Å². The summed E-state index contributed by atoms with van der Waals surface area (Å²) < 4.78 is 0. The molecule has 90 valence electrons. The van der Waals surface area contributed by atoms with Crippen molar-refractivity contribution in [2.75, 3.05) is 0 Å². The molecule has 0 aliphatic heterocycles. The van der Waals surface area contributed by atoms with Crippen molar-refractivity contribution in [3.05, 3.63) is 35.9 Å². The number of rotatable bonds is 7. The molecule has 1 heteroatoms. The van der Waals surface area contributed by atoms with Crippen LogP contribution >= 0.6 is 0 Å². The van der Waals surface area contributed by atoms with E-state index in [4.69, 9.17) is 0 Å². The van der Waals surface area contributed by atoms with Crippen molar-refractivity contribution >= 4 is 0 Å². The molecule has 1 aromatic carbocycles. The third-order valence-corrected chi connectivity index (χ3v) is 3.14. The Balaban J connectivity index is 2.31. The molecule has 16 heavy (non-hydrogen) atoms. The van der Waals surface area contributed by atoms with Gasteiger partial charge >= 0.3 is 0 Å². The van der Waals surface area contributed by atoms with Gasteiger partial charge in [-0.2, -0.15) is 0 Å². The molecule has 1 aromatic rings. The second-order valence-electron chi connectivity index (χ2n) is 4.70. The number of aliphatic hydroxyl groups is 1. The first-order valence-corrected chi connectivity index (χ1v) is 6.47. The Kier molecular flexibility index (Phi) is 6.17. The van der Waals surface area contributed by atoms with E-state index in [1.165, 1.54) is 18.4 Å². The van der Waals surface area contributed by atoms with Crippen LogP contribution in [-0.4, -0.2) is 11.2 Å². The van der Waals surface area contributed by atoms with Gasteiger partial charge in [0.1, 0.15) is 0 Å². The quantitative estimate of drug-likeness (QED) is 0.685. The monoisotopic (exact) mass is 220 g/mol. The third kappa shape index (κ3) is 4.80. The van der Waals surface area contributed by atoms with E-state index in [1.807, 2.05) is 6.07 Å². The number of hydrogen-bond acceptors (Lipinski definition) is 1. The molecule has 0 saturated heterocycles. The second-order valence-corrected chi connectivity index (χ2v) is 4.70. The molecule has 0 spiro atoms. The minimum atomic E-state index is -0.137. The number of benzene rings is 1. The summed E-state index contributed by atoms with van der Waals surface area (Å²) in [5, 5.41) is 9.91. The Bertz CT molecular complexity index is 268. The minimum absolute atomic E-state index is 0.137. The summed E-state index contributed by atoms with van der Waals surface area (Å²) in [7, 11) is 0. The van der Waals surface area contributed by atoms with Crippen molar-refractivity contribution in [3.63, 3.8) is 0 Å². The van der Waals surface area contributed by atoms with Gasteiger partial charge in [0.05, 0.1) is 6.10 Å². The lowest BCUT2D eigenvalue weighted by atomic mass is 9.93. The average molecular weight is 220 g/mol. The predicted octanol–water partition coefficient (Wildman–Crippen LogP) is 4.12. The van der Waals surface area contributed by atoms with Gasteiger partial charge in [0.2, 0.25) is 0 Å². The average Bonchev–Trinajstić information content (AvgIpc) is 2.30. The van der Waals surface area contributed by atoms with Crippen molar-refractivity contribution in [1.29, 1.82) is 0 Å². The van der Waals surface area contributed by atoms with Gasteiger partial charge in [-0.15, -0.1) is 0 Å². The highest BCUT2D eigenvalue weighted by atomic mass is 16.3. The molecular weight excluding hydrogens is 196 g/mol. The highest BCUT2D eigenvalue weighted by molar-refractivity contribution is 5.18. The zero-order chi connectivity index (χ0) is 11.8. The Morgan fingerprint density at radius 1 is 1.12 bits per heavy atom. The number of hydrogen-bond donors (Lipinski definition) is 1. The smallest absolute Gasteiger partial charge is 0.0546 e. The van der Waals surface area contributed by atoms with E-state index < -0.39 is 0 Å². The van der Waals surface area contributed by atoms with E-state index in [0.29, 0.717) is 5.92 Å². The molecule has 0 amide bonds. The summed E-state index contributed by atoms with van der Waals surface area (Å²) in [5.41, 5.74) is 1.33. The Labute approximate surface area is 99.5 Å². The number of aliphatic hydroxyl groups excluding tert-OH is 1. The second kappa shape index (κ2) is 7.45. The minimum Gasteiger partial charge on any atom is -0.393 e. The molecule has 0 aliphatic carbocycles. The Morgan fingerprint density at radius 2 is 1.81 bits per heavy atom. The molecule has 0 aromatic heterocycles. The summed E-state index contributed by atoms with van der Waals surface area (Å²) in [6, 6.07) is 10.4. The summed E-state index contributed by atoms with van der Waals surface area (Å²) in [4.78, 5) is 0. The van der Waals surface area contributed by atoms with Crippen LogP contribution in [0.2, 0.25) is 0 Å². The molecule has 0 bridgehead atoms. The van der Waals surface area contributed by atoms with Crippen LogP contribution in [0.1, 0.15) is 57.4 Å². The summed E-state index contributed by atoms with van der Waals surface area (Å²) >= 11 is 0. The van der Waals surface area contributed by atoms with E-state index in [2.05, 4.69) is 38.1 Å². The molecule has 0 radical (unpaired) electrons. The highest BCUT2D eigenvalue weighted by Crippen LogP contribution is 2.22. The van der Waals surface area contributed by atoms with Crippen LogP contribution in [0.15, 0.2) is 30.3 Å². The van der Waals surface area contributed by atoms with Crippen molar-refractivity contribution < 1.29 is 5.11 Å². The molecule has 0 saturated carbocycles. The van der Waals surface area contributed by atoms with Crippen molar-refractivity contribution in [2.45, 2.75) is 58.0 Å². The molecule has 2 atom stereocenters. The van der Waals surface area contributed by atoms with Gasteiger partial charge in [-0.25, -0.2) is 0 Å². The predicted molar refractivity (Wildman–Crippen MR) is 69.6 cm³/mol. The van der Waals surface area contributed by atoms with Gasteiger partial charge in [-0.3, -0.25) is 0 Å². The Morgan fingerprint density at radius 3 is 2.44 bits per heavy atom. The normalized spacial score (nSPS) is 14.7. The van der Waals surface area contributed by atoms with Gasteiger partial charge in [0.15, 0.2) is 0 Å². The van der Waals surface area contributed by atoms with Crippen LogP contribution in [0, 0.1) is 0 Å². The van der Waals surface area contributed by atoms with Crippen LogP contribution in [-0.2, 0) is 0 Å². The van der Waals surface area contributed by atoms with Crippen molar-refractivity contribution in [1.82, 2.24) is 0 Å². The first-order chi connectivity index (χ1) is 7.74. The maximum Gasteiger partial charge on any atom is 0.0546 e. The first kappa shape index (κ1) is 13.2. The van der Waals surface area contributed by atoms with Crippen molar-refractivity contribution in [3.8, 4) is 0 Å². The highest BCUT2D eigenvalue weighted by Gasteiger charge is 2.11. The largest absolute Gasteiger partial charge is 0.393 e. The zero-order valence-corrected chi connectivity index (χ0v) is 10.5.